The van der Waals surface area contributed by atoms with Crippen molar-refractivity contribution in [3.8, 4) is 23.0 Å². The zero-order chi connectivity index (χ0) is 31.0. The van der Waals surface area contributed by atoms with Crippen LogP contribution >= 0.6 is 0 Å². The molecule has 1 spiro atoms. The number of rotatable bonds is 2. The molecule has 7 aromatic carbocycles. The van der Waals surface area contributed by atoms with Gasteiger partial charge in [0, 0.05) is 16.8 Å². The first-order valence-corrected chi connectivity index (χ1v) is 17.9. The molecule has 0 saturated heterocycles. The van der Waals surface area contributed by atoms with Crippen LogP contribution in [-0.4, -0.2) is 8.80 Å². The first kappa shape index (κ1) is 26.4. The summed E-state index contributed by atoms with van der Waals surface area (Å²) in [5.41, 5.74) is 7.60. The molecule has 10 rings (SSSR count). The average Bonchev–Trinajstić information content (AvgIpc) is 3.14. The fourth-order valence-corrected chi connectivity index (χ4v) is 11.7. The fraction of sp³-hybridized carbons (Fsp3) is 0.0233. The minimum Gasteiger partial charge on any atom is -0.457 e. The van der Waals surface area contributed by atoms with E-state index >= 15 is 0 Å². The molecule has 0 bridgehead atoms. The number of benzene rings is 7. The quantitative estimate of drug-likeness (QED) is 0.182. The summed E-state index contributed by atoms with van der Waals surface area (Å²) < 4.78 is 13.1. The molecule has 0 aromatic heterocycles. The summed E-state index contributed by atoms with van der Waals surface area (Å²) in [6, 6.07) is 61.4. The monoisotopic (exact) mass is 619 g/mol. The topological polar surface area (TPSA) is 21.7 Å². The molecule has 0 N–H and O–H groups in total. The predicted octanol–water partition coefficient (Wildman–Crippen LogP) is 8.31. The molecule has 1 unspecified atom stereocenters. The van der Waals surface area contributed by atoms with Gasteiger partial charge in [-0.25, -0.2) is 0 Å². The second-order valence-electron chi connectivity index (χ2n) is 12.4. The van der Waals surface area contributed by atoms with E-state index < -0.39 is 14.2 Å². The van der Waals surface area contributed by atoms with Gasteiger partial charge in [-0.2, -0.15) is 0 Å². The van der Waals surface area contributed by atoms with Crippen LogP contribution in [0.15, 0.2) is 170 Å². The standard InChI is InChI=1S/C43H29NO2Si/c1-2-14-30(15-3-1)47-41-25-13-6-18-33(41)43(31-16-4-9-21-37(31)45-38-22-10-5-17-32(38)43)34-28-29(26-27-42(34)47)44-35-19-7-11-23-39(35)46-40-24-12-8-20-36(40)44/h1-28,47H. The Hall–Kier alpha value is -5.84. The average molecular weight is 620 g/mol. The van der Waals surface area contributed by atoms with E-state index in [0.29, 0.717) is 0 Å². The van der Waals surface area contributed by atoms with Gasteiger partial charge in [0.25, 0.3) is 0 Å². The Labute approximate surface area is 275 Å². The molecule has 3 aliphatic heterocycles. The number of hydrogen-bond acceptors (Lipinski definition) is 3. The Balaban J connectivity index is 1.34. The molecular weight excluding hydrogens is 591 g/mol. The van der Waals surface area contributed by atoms with Crippen molar-refractivity contribution in [1.29, 1.82) is 0 Å². The van der Waals surface area contributed by atoms with Crippen LogP contribution in [-0.2, 0) is 5.41 Å². The minimum atomic E-state index is -1.89. The van der Waals surface area contributed by atoms with Crippen LogP contribution < -0.4 is 29.9 Å². The van der Waals surface area contributed by atoms with Gasteiger partial charge in [0.1, 0.15) is 20.3 Å². The third-order valence-electron chi connectivity index (χ3n) is 10.1. The zero-order valence-electron chi connectivity index (χ0n) is 25.5. The Morgan fingerprint density at radius 2 is 0.894 bits per heavy atom. The van der Waals surface area contributed by atoms with Gasteiger partial charge in [-0.1, -0.05) is 127 Å². The number of para-hydroxylation sites is 6. The smallest absolute Gasteiger partial charge is 0.151 e. The number of anilines is 3. The summed E-state index contributed by atoms with van der Waals surface area (Å²) in [5.74, 6) is 3.50. The van der Waals surface area contributed by atoms with E-state index in [2.05, 4.69) is 163 Å². The summed E-state index contributed by atoms with van der Waals surface area (Å²) >= 11 is 0. The van der Waals surface area contributed by atoms with Gasteiger partial charge in [-0.15, -0.1) is 0 Å². The number of nitrogens with zero attached hydrogens (tertiary/aromatic N) is 1. The SMILES string of the molecule is c1ccc([SiH]2c3ccccc3C3(c4ccccc4Oc4ccccc43)c3cc(N4c5ccccc5Oc5ccccc54)ccc32)cc1. The molecule has 0 amide bonds. The third kappa shape index (κ3) is 3.67. The first-order chi connectivity index (χ1) is 23.3. The van der Waals surface area contributed by atoms with Crippen molar-refractivity contribution in [2.75, 3.05) is 4.90 Å². The molecule has 7 aromatic rings. The van der Waals surface area contributed by atoms with Gasteiger partial charge in [-0.05, 0) is 70.0 Å². The molecular formula is C43H29NO2Si. The first-order valence-electron chi connectivity index (χ1n) is 16.1. The normalized spacial score (nSPS) is 15.9. The maximum atomic E-state index is 6.67. The van der Waals surface area contributed by atoms with Gasteiger partial charge in [0.05, 0.1) is 16.8 Å². The maximum Gasteiger partial charge on any atom is 0.151 e. The van der Waals surface area contributed by atoms with Gasteiger partial charge >= 0.3 is 0 Å². The largest absolute Gasteiger partial charge is 0.457 e. The Bertz CT molecular complexity index is 2260. The molecule has 222 valence electrons. The lowest BCUT2D eigenvalue weighted by atomic mass is 9.63. The highest BCUT2D eigenvalue weighted by atomic mass is 28.3. The van der Waals surface area contributed by atoms with E-state index in [0.717, 1.165) is 40.1 Å². The van der Waals surface area contributed by atoms with Gasteiger partial charge in [0.2, 0.25) is 0 Å². The van der Waals surface area contributed by atoms with E-state index in [4.69, 9.17) is 9.47 Å². The Morgan fingerprint density at radius 1 is 0.404 bits per heavy atom. The third-order valence-corrected chi connectivity index (χ3v) is 13.4. The van der Waals surface area contributed by atoms with Crippen molar-refractivity contribution in [3.63, 3.8) is 0 Å². The fourth-order valence-electron chi connectivity index (χ4n) is 8.22. The molecule has 1 atom stereocenters. The van der Waals surface area contributed by atoms with Crippen LogP contribution in [0.3, 0.4) is 0 Å². The summed E-state index contributed by atoms with van der Waals surface area (Å²) in [4.78, 5) is 2.36. The molecule has 3 nitrogen and oxygen atoms in total. The summed E-state index contributed by atoms with van der Waals surface area (Å²) in [7, 11) is -1.89. The Morgan fingerprint density at radius 3 is 1.55 bits per heavy atom. The molecule has 0 radical (unpaired) electrons. The van der Waals surface area contributed by atoms with E-state index in [1.54, 1.807) is 0 Å². The van der Waals surface area contributed by atoms with Crippen molar-refractivity contribution in [1.82, 2.24) is 0 Å². The minimum absolute atomic E-state index is 0.572. The highest BCUT2D eigenvalue weighted by Crippen LogP contribution is 2.57. The molecule has 0 saturated carbocycles. The lowest BCUT2D eigenvalue weighted by molar-refractivity contribution is 0.435. The van der Waals surface area contributed by atoms with Gasteiger partial charge in [0.15, 0.2) is 11.5 Å². The summed E-state index contributed by atoms with van der Waals surface area (Å²) in [6.45, 7) is 0. The maximum absolute atomic E-state index is 6.67. The van der Waals surface area contributed by atoms with E-state index in [1.807, 2.05) is 12.1 Å². The lowest BCUT2D eigenvalue weighted by Gasteiger charge is -2.48. The van der Waals surface area contributed by atoms with Gasteiger partial charge in [-0.3, -0.25) is 0 Å². The van der Waals surface area contributed by atoms with Crippen LogP contribution in [0.25, 0.3) is 0 Å². The van der Waals surface area contributed by atoms with Crippen molar-refractivity contribution in [2.24, 2.45) is 0 Å². The summed E-state index contributed by atoms with van der Waals surface area (Å²) in [6.07, 6.45) is 0. The second-order valence-corrected chi connectivity index (χ2v) is 15.2. The van der Waals surface area contributed by atoms with Crippen LogP contribution in [0.5, 0.6) is 23.0 Å². The number of ether oxygens (including phenoxy) is 2. The van der Waals surface area contributed by atoms with Crippen molar-refractivity contribution in [2.45, 2.75) is 5.41 Å². The molecule has 0 fully saturated rings. The zero-order valence-corrected chi connectivity index (χ0v) is 26.7. The lowest BCUT2D eigenvalue weighted by Crippen LogP contribution is -2.62. The molecule has 4 heteroatoms. The van der Waals surface area contributed by atoms with Crippen LogP contribution in [0.2, 0.25) is 0 Å². The van der Waals surface area contributed by atoms with E-state index in [1.165, 1.54) is 37.8 Å². The molecule has 3 aliphatic rings. The van der Waals surface area contributed by atoms with Crippen LogP contribution in [0.1, 0.15) is 22.3 Å². The summed E-state index contributed by atoms with van der Waals surface area (Å²) in [5, 5.41) is 4.30. The number of hydrogen-bond donors (Lipinski definition) is 0. The highest BCUT2D eigenvalue weighted by Gasteiger charge is 2.51. The van der Waals surface area contributed by atoms with E-state index in [-0.39, 0.29) is 0 Å². The van der Waals surface area contributed by atoms with Crippen LogP contribution in [0, 0.1) is 0 Å². The number of fused-ring (bicyclic) bond motifs is 10. The predicted molar refractivity (Wildman–Crippen MR) is 192 cm³/mol. The van der Waals surface area contributed by atoms with E-state index in [9.17, 15) is 0 Å². The van der Waals surface area contributed by atoms with Gasteiger partial charge < -0.3 is 14.4 Å². The van der Waals surface area contributed by atoms with Crippen molar-refractivity contribution >= 4 is 41.4 Å². The van der Waals surface area contributed by atoms with Crippen molar-refractivity contribution in [3.05, 3.63) is 192 Å². The molecule has 47 heavy (non-hydrogen) atoms. The van der Waals surface area contributed by atoms with Crippen LogP contribution in [0.4, 0.5) is 17.1 Å². The highest BCUT2D eigenvalue weighted by molar-refractivity contribution is 6.96. The molecule has 0 aliphatic carbocycles. The molecule has 3 heterocycles. The van der Waals surface area contributed by atoms with Crippen molar-refractivity contribution < 1.29 is 9.47 Å². The Kier molecular flexibility index (Phi) is 5.66. The second kappa shape index (κ2) is 10.1.